The molecule has 0 bridgehead atoms. The highest BCUT2D eigenvalue weighted by molar-refractivity contribution is 7.91. The van der Waals surface area contributed by atoms with Crippen LogP contribution >= 0.6 is 0 Å². The molecule has 1 aromatic rings. The van der Waals surface area contributed by atoms with Crippen LogP contribution in [0.25, 0.3) is 0 Å². The van der Waals surface area contributed by atoms with Crippen LogP contribution in [0.5, 0.6) is 0 Å². The molecule has 0 radical (unpaired) electrons. The lowest BCUT2D eigenvalue weighted by Gasteiger charge is -2.33. The van der Waals surface area contributed by atoms with Gasteiger partial charge >= 0.3 is 5.97 Å². The predicted molar refractivity (Wildman–Crippen MR) is 74.6 cm³/mol. The van der Waals surface area contributed by atoms with Gasteiger partial charge in [0.2, 0.25) is 0 Å². The van der Waals surface area contributed by atoms with E-state index in [1.807, 2.05) is 6.07 Å². The van der Waals surface area contributed by atoms with Crippen molar-refractivity contribution in [3.63, 3.8) is 0 Å². The highest BCUT2D eigenvalue weighted by atomic mass is 32.2. The molecule has 0 spiro atoms. The fraction of sp³-hybridized carbons (Fsp3) is 0.500. The van der Waals surface area contributed by atoms with Crippen molar-refractivity contribution in [1.29, 1.82) is 0 Å². The molecular weight excluding hydrogens is 278 g/mol. The molecule has 6 heteroatoms. The average molecular weight is 295 g/mol. The lowest BCUT2D eigenvalue weighted by atomic mass is 9.96. The molecule has 1 unspecified atom stereocenters. The first-order chi connectivity index (χ1) is 9.44. The zero-order valence-corrected chi connectivity index (χ0v) is 11.9. The van der Waals surface area contributed by atoms with Gasteiger partial charge in [0.15, 0.2) is 9.84 Å². The van der Waals surface area contributed by atoms with Crippen LogP contribution in [-0.4, -0.2) is 48.5 Å². The van der Waals surface area contributed by atoms with Crippen LogP contribution < -0.4 is 0 Å². The smallest absolute Gasteiger partial charge is 0.335 e. The van der Waals surface area contributed by atoms with E-state index >= 15 is 0 Å². The molecule has 2 aliphatic heterocycles. The number of nitrogens with zero attached hydrogens (tertiary/aromatic N) is 1. The standard InChI is InChI=1S/C14H17NO4S/c16-14(17)11-2-1-10-3-5-15(8-12(10)7-11)13-4-6-20(18,19)9-13/h1-2,7,13H,3-6,8-9H2,(H,16,17). The summed E-state index contributed by atoms with van der Waals surface area (Å²) in [4.78, 5) is 13.2. The molecule has 2 heterocycles. The van der Waals surface area contributed by atoms with Crippen LogP contribution in [0.4, 0.5) is 0 Å². The van der Waals surface area contributed by atoms with Gasteiger partial charge in [-0.05, 0) is 36.1 Å². The van der Waals surface area contributed by atoms with Gasteiger partial charge < -0.3 is 5.11 Å². The number of rotatable bonds is 2. The summed E-state index contributed by atoms with van der Waals surface area (Å²) in [6.45, 7) is 1.50. The van der Waals surface area contributed by atoms with Crippen LogP contribution in [0, 0.1) is 0 Å². The second kappa shape index (κ2) is 4.86. The quantitative estimate of drug-likeness (QED) is 0.878. The fourth-order valence-corrected chi connectivity index (χ4v) is 4.85. The topological polar surface area (TPSA) is 74.7 Å². The van der Waals surface area contributed by atoms with Gasteiger partial charge in [0.25, 0.3) is 0 Å². The molecule has 0 saturated carbocycles. The summed E-state index contributed by atoms with van der Waals surface area (Å²) in [5.41, 5.74) is 2.48. The van der Waals surface area contributed by atoms with E-state index in [0.29, 0.717) is 18.5 Å². The van der Waals surface area contributed by atoms with Crippen LogP contribution in [0.1, 0.15) is 27.9 Å². The molecule has 0 aromatic heterocycles. The first-order valence-electron chi connectivity index (χ1n) is 6.74. The van der Waals surface area contributed by atoms with Gasteiger partial charge in [-0.3, -0.25) is 4.90 Å². The van der Waals surface area contributed by atoms with E-state index in [1.165, 1.54) is 5.56 Å². The van der Waals surface area contributed by atoms with Crippen molar-refractivity contribution in [2.45, 2.75) is 25.4 Å². The van der Waals surface area contributed by atoms with Crippen molar-refractivity contribution >= 4 is 15.8 Å². The van der Waals surface area contributed by atoms with Crippen LogP contribution in [0.3, 0.4) is 0 Å². The second-order valence-corrected chi connectivity index (χ2v) is 7.79. The Bertz CT molecular complexity index is 653. The molecule has 1 atom stereocenters. The number of sulfone groups is 1. The third-order valence-electron chi connectivity index (χ3n) is 4.22. The number of carboxylic acid groups (broad SMARTS) is 1. The normalized spacial score (nSPS) is 25.3. The Morgan fingerprint density at radius 1 is 1.30 bits per heavy atom. The Balaban J connectivity index is 1.81. The summed E-state index contributed by atoms with van der Waals surface area (Å²) in [5, 5.41) is 9.04. The Kier molecular flexibility index (Phi) is 3.30. The summed E-state index contributed by atoms with van der Waals surface area (Å²) in [5.74, 6) is -0.412. The maximum atomic E-state index is 11.6. The molecule has 1 N–H and O–H groups in total. The Labute approximate surface area is 118 Å². The number of aromatic carboxylic acids is 1. The summed E-state index contributed by atoms with van der Waals surface area (Å²) in [6, 6.07) is 5.31. The molecule has 0 aliphatic carbocycles. The van der Waals surface area contributed by atoms with E-state index in [2.05, 4.69) is 4.90 Å². The lowest BCUT2D eigenvalue weighted by molar-refractivity contribution is 0.0696. The summed E-state index contributed by atoms with van der Waals surface area (Å²) in [7, 11) is -2.88. The third-order valence-corrected chi connectivity index (χ3v) is 5.97. The molecule has 0 amide bonds. The van der Waals surface area contributed by atoms with Crippen molar-refractivity contribution in [2.75, 3.05) is 18.1 Å². The van der Waals surface area contributed by atoms with Crippen LogP contribution in [-0.2, 0) is 22.8 Å². The van der Waals surface area contributed by atoms with Gasteiger partial charge in [0.05, 0.1) is 17.1 Å². The Hall–Kier alpha value is -1.40. The molecule has 20 heavy (non-hydrogen) atoms. The largest absolute Gasteiger partial charge is 0.478 e. The number of carboxylic acids is 1. The summed E-state index contributed by atoms with van der Waals surface area (Å²) < 4.78 is 23.1. The van der Waals surface area contributed by atoms with Gasteiger partial charge in [-0.2, -0.15) is 0 Å². The molecule has 1 fully saturated rings. The van der Waals surface area contributed by atoms with Crippen LogP contribution in [0.2, 0.25) is 0 Å². The van der Waals surface area contributed by atoms with Crippen molar-refractivity contribution in [2.24, 2.45) is 0 Å². The molecule has 108 valence electrons. The molecule has 1 saturated heterocycles. The van der Waals surface area contributed by atoms with Crippen molar-refractivity contribution in [1.82, 2.24) is 4.90 Å². The number of hydrogen-bond donors (Lipinski definition) is 1. The molecule has 3 rings (SSSR count). The molecule has 2 aliphatic rings. The lowest BCUT2D eigenvalue weighted by Crippen LogP contribution is -2.40. The SMILES string of the molecule is O=C(O)c1ccc2c(c1)CN(C1CCS(=O)(=O)C1)CC2. The first kappa shape index (κ1) is 13.6. The van der Waals surface area contributed by atoms with Crippen molar-refractivity contribution < 1.29 is 18.3 Å². The zero-order chi connectivity index (χ0) is 14.3. The first-order valence-corrected chi connectivity index (χ1v) is 8.56. The van der Waals surface area contributed by atoms with Crippen molar-refractivity contribution in [3.8, 4) is 0 Å². The highest BCUT2D eigenvalue weighted by Crippen LogP contribution is 2.26. The minimum Gasteiger partial charge on any atom is -0.478 e. The highest BCUT2D eigenvalue weighted by Gasteiger charge is 2.33. The van der Waals surface area contributed by atoms with Crippen molar-refractivity contribution in [3.05, 3.63) is 34.9 Å². The number of hydrogen-bond acceptors (Lipinski definition) is 4. The van der Waals surface area contributed by atoms with E-state index < -0.39 is 15.8 Å². The van der Waals surface area contributed by atoms with E-state index in [0.717, 1.165) is 18.5 Å². The van der Waals surface area contributed by atoms with Crippen LogP contribution in [0.15, 0.2) is 18.2 Å². The molecular formula is C14H17NO4S. The summed E-state index contributed by atoms with van der Waals surface area (Å²) in [6.07, 6.45) is 1.54. The fourth-order valence-electron chi connectivity index (χ4n) is 3.09. The maximum absolute atomic E-state index is 11.6. The van der Waals surface area contributed by atoms with Gasteiger partial charge in [0.1, 0.15) is 0 Å². The summed E-state index contributed by atoms with van der Waals surface area (Å²) >= 11 is 0. The second-order valence-electron chi connectivity index (χ2n) is 5.57. The monoisotopic (exact) mass is 295 g/mol. The number of benzene rings is 1. The Morgan fingerprint density at radius 3 is 2.75 bits per heavy atom. The number of carbonyl (C=O) groups is 1. The van der Waals surface area contributed by atoms with Gasteiger partial charge in [0, 0.05) is 19.1 Å². The zero-order valence-electron chi connectivity index (χ0n) is 11.1. The third kappa shape index (κ3) is 2.58. The Morgan fingerprint density at radius 2 is 2.10 bits per heavy atom. The van der Waals surface area contributed by atoms with E-state index in [-0.39, 0.29) is 17.5 Å². The molecule has 1 aromatic carbocycles. The van der Waals surface area contributed by atoms with E-state index in [1.54, 1.807) is 12.1 Å². The van der Waals surface area contributed by atoms with E-state index in [4.69, 9.17) is 5.11 Å². The predicted octanol–water partition coefficient (Wildman–Crippen LogP) is 0.930. The maximum Gasteiger partial charge on any atom is 0.335 e. The minimum absolute atomic E-state index is 0.0848. The average Bonchev–Trinajstić information content (AvgIpc) is 2.78. The van der Waals surface area contributed by atoms with Gasteiger partial charge in [-0.1, -0.05) is 6.07 Å². The minimum atomic E-state index is -2.88. The van der Waals surface area contributed by atoms with Gasteiger partial charge in [-0.15, -0.1) is 0 Å². The van der Waals surface area contributed by atoms with E-state index in [9.17, 15) is 13.2 Å². The van der Waals surface area contributed by atoms with Gasteiger partial charge in [-0.25, -0.2) is 13.2 Å². The number of fused-ring (bicyclic) bond motifs is 1. The molecule has 5 nitrogen and oxygen atoms in total.